The highest BCUT2D eigenvalue weighted by molar-refractivity contribution is 7.98. The number of aryl methyl sites for hydroxylation is 1. The molecule has 11 aromatic rings. The number of hydrogen-bond acceptors (Lipinski definition) is 14. The quantitative estimate of drug-likeness (QED) is 0.0325. The summed E-state index contributed by atoms with van der Waals surface area (Å²) < 4.78 is 48.5. The van der Waals surface area contributed by atoms with E-state index in [1.807, 2.05) is 111 Å². The molecule has 0 unspecified atom stereocenters. The molecule has 11 nitrogen and oxygen atoms in total. The second-order valence-electron chi connectivity index (χ2n) is 26.1. The molecule has 0 amide bonds. The molecule has 11 rings (SSSR count). The first-order valence-electron chi connectivity index (χ1n) is 32.5. The van der Waals surface area contributed by atoms with Crippen LogP contribution in [0.1, 0.15) is 79.9 Å². The van der Waals surface area contributed by atoms with Crippen LogP contribution in [-0.4, -0.2) is 73.4 Å². The Morgan fingerprint density at radius 2 is 0.957 bits per heavy atom. The Bertz CT molecular complexity index is 4090. The first-order chi connectivity index (χ1) is 43.9. The number of rotatable bonds is 24. The van der Waals surface area contributed by atoms with E-state index < -0.39 is 38.7 Å². The molecule has 0 saturated heterocycles. The highest BCUT2D eigenvalue weighted by Gasteiger charge is 2.39. The van der Waals surface area contributed by atoms with E-state index >= 15 is 0 Å². The summed E-state index contributed by atoms with van der Waals surface area (Å²) in [6, 6.07) is 50.1. The molecule has 5 heterocycles. The van der Waals surface area contributed by atoms with E-state index in [2.05, 4.69) is 170 Å². The molecule has 5 aromatic heterocycles. The zero-order chi connectivity index (χ0) is 66.3. The number of carbonyl (C=O) groups is 1. The fourth-order valence-electron chi connectivity index (χ4n) is 11.0. The molecule has 0 radical (unpaired) electrons. The Kier molecular flexibility index (Phi) is 22.7. The van der Waals surface area contributed by atoms with E-state index in [9.17, 15) is 4.79 Å². The summed E-state index contributed by atoms with van der Waals surface area (Å²) in [4.78, 5) is 18.7. The normalized spacial score (nSPS) is 12.3. The van der Waals surface area contributed by atoms with Crippen molar-refractivity contribution in [3.05, 3.63) is 139 Å². The van der Waals surface area contributed by atoms with Crippen LogP contribution in [0.3, 0.4) is 0 Å². The highest BCUT2D eigenvalue weighted by atomic mass is 32.2. The maximum absolute atomic E-state index is 12.1. The number of esters is 1. The lowest BCUT2D eigenvalue weighted by molar-refractivity contribution is -0.154. The summed E-state index contributed by atoms with van der Waals surface area (Å²) in [6.45, 7) is 35.3. The molecule has 0 aliphatic rings. The van der Waals surface area contributed by atoms with Gasteiger partial charge in [0.2, 0.25) is 28.2 Å². The molecular formula is C73H93N3O8S4Si4. The summed E-state index contributed by atoms with van der Waals surface area (Å²) in [5.41, 5.74) is 6.06. The molecule has 19 heteroatoms. The van der Waals surface area contributed by atoms with Gasteiger partial charge in [0.15, 0.2) is 11.5 Å². The van der Waals surface area contributed by atoms with Crippen molar-refractivity contribution in [3.63, 3.8) is 0 Å². The number of aromatic nitrogens is 3. The number of carbonyl (C=O) groups excluding carboxylic acids is 1. The van der Waals surface area contributed by atoms with Crippen LogP contribution < -0.4 is 17.7 Å². The van der Waals surface area contributed by atoms with Gasteiger partial charge in [-0.25, -0.2) is 0 Å². The van der Waals surface area contributed by atoms with Gasteiger partial charge in [0.1, 0.15) is 33.7 Å². The minimum Gasteiger partial charge on any atom is -0.543 e. The van der Waals surface area contributed by atoms with Gasteiger partial charge >= 0.3 is 5.97 Å². The van der Waals surface area contributed by atoms with Crippen molar-refractivity contribution in [2.24, 2.45) is 5.41 Å². The number of furan rings is 2. The Balaban J connectivity index is 0.000000165. The molecule has 0 aliphatic carbocycles. The minimum absolute atomic E-state index is 0.146. The van der Waals surface area contributed by atoms with E-state index in [1.165, 1.54) is 39.7 Å². The van der Waals surface area contributed by atoms with Gasteiger partial charge in [-0.05, 0) is 205 Å². The minimum atomic E-state index is -1.96. The second-order valence-corrected chi connectivity index (χ2v) is 48.2. The standard InChI is InChI=1S/C28H38O4Si2.C24H30O2S4Si2.C21H25N3O2/c1-7-33(8-2,9-3)31-25-21-17-13-15-19-23(21)29-27(25)28-26(32-34(10-4,11-5)12-6)22-18-14-16-20-24(22)30-28;1-27-15-9-11-19-17(13-15)21(25-31(3,4)5)23(29-19)24-22(26-32(6,7)8)18-14-16(28-2)10-12-20(18)30-24;1-5-21(3,4)20(25)26-13-12-16-11-10-15(2)19(14-16)24-22-17-8-6-7-9-18(17)23-24/h13-20H,7-12H2,1-6H3;9-14H,1-8H3;6-11,14H,5,12-13H2,1-4H3. The molecule has 92 heavy (non-hydrogen) atoms. The fraction of sp³-hybridized carbons (Fsp3) is 0.384. The van der Waals surface area contributed by atoms with Crippen molar-refractivity contribution in [2.45, 2.75) is 167 Å². The Morgan fingerprint density at radius 3 is 1.36 bits per heavy atom. The van der Waals surface area contributed by atoms with E-state index in [0.717, 1.165) is 115 Å². The first kappa shape index (κ1) is 70.3. The van der Waals surface area contributed by atoms with Crippen molar-refractivity contribution >= 4 is 139 Å². The van der Waals surface area contributed by atoms with Gasteiger partial charge in [0.25, 0.3) is 16.6 Å². The zero-order valence-corrected chi connectivity index (χ0v) is 64.5. The molecule has 488 valence electrons. The molecule has 0 spiro atoms. The van der Waals surface area contributed by atoms with Crippen LogP contribution in [0.4, 0.5) is 0 Å². The van der Waals surface area contributed by atoms with Gasteiger partial charge < -0.3 is 31.3 Å². The molecule has 0 atom stereocenters. The smallest absolute Gasteiger partial charge is 0.311 e. The maximum Gasteiger partial charge on any atom is 0.311 e. The molecule has 0 bridgehead atoms. The third-order valence-electron chi connectivity index (χ3n) is 17.4. The third kappa shape index (κ3) is 15.8. The number of nitrogens with zero attached hydrogens (tertiary/aromatic N) is 3. The average molecular weight is 1380 g/mol. The summed E-state index contributed by atoms with van der Waals surface area (Å²) in [5.74, 6) is 4.88. The lowest BCUT2D eigenvalue weighted by Gasteiger charge is -2.30. The molecule has 0 fully saturated rings. The lowest BCUT2D eigenvalue weighted by Crippen LogP contribution is -2.39. The van der Waals surface area contributed by atoms with Crippen LogP contribution in [0, 0.1) is 12.3 Å². The van der Waals surface area contributed by atoms with Crippen molar-refractivity contribution in [2.75, 3.05) is 19.1 Å². The topological polar surface area (TPSA) is 120 Å². The summed E-state index contributed by atoms with van der Waals surface area (Å²) in [6.07, 6.45) is 5.68. The van der Waals surface area contributed by atoms with Crippen molar-refractivity contribution in [1.82, 2.24) is 15.0 Å². The molecule has 0 saturated carbocycles. The zero-order valence-electron chi connectivity index (χ0n) is 57.2. The molecule has 0 aliphatic heterocycles. The van der Waals surface area contributed by atoms with Crippen LogP contribution in [0.25, 0.3) is 80.1 Å². The van der Waals surface area contributed by atoms with E-state index in [-0.39, 0.29) is 5.97 Å². The Labute approximate surface area is 565 Å². The van der Waals surface area contributed by atoms with Crippen LogP contribution in [0.15, 0.2) is 146 Å². The number of ether oxygens (including phenoxy) is 1. The van der Waals surface area contributed by atoms with Crippen LogP contribution >= 0.6 is 46.2 Å². The van der Waals surface area contributed by atoms with E-state index in [4.69, 9.17) is 31.3 Å². The first-order valence-corrected chi connectivity index (χ1v) is 48.4. The van der Waals surface area contributed by atoms with Gasteiger partial charge in [-0.1, -0.05) is 97.0 Å². The van der Waals surface area contributed by atoms with Crippen LogP contribution in [-0.2, 0) is 16.0 Å². The number of thiophene rings is 2. The van der Waals surface area contributed by atoms with Gasteiger partial charge in [0, 0.05) is 36.4 Å². The molecule has 6 aromatic carbocycles. The monoisotopic (exact) mass is 1380 g/mol. The lowest BCUT2D eigenvalue weighted by atomic mass is 9.91. The maximum atomic E-state index is 12.1. The van der Waals surface area contributed by atoms with E-state index in [0.29, 0.717) is 24.5 Å². The van der Waals surface area contributed by atoms with Gasteiger partial charge in [-0.2, -0.15) is 4.80 Å². The van der Waals surface area contributed by atoms with Crippen molar-refractivity contribution in [1.29, 1.82) is 0 Å². The van der Waals surface area contributed by atoms with E-state index in [1.54, 1.807) is 28.3 Å². The van der Waals surface area contributed by atoms with Gasteiger partial charge in [0.05, 0.1) is 38.2 Å². The predicted molar refractivity (Wildman–Crippen MR) is 404 cm³/mol. The number of hydrogen-bond donors (Lipinski definition) is 0. The van der Waals surface area contributed by atoms with Crippen molar-refractivity contribution < 1.29 is 36.1 Å². The van der Waals surface area contributed by atoms with Crippen molar-refractivity contribution in [3.8, 4) is 50.0 Å². The molecular weight excluding hydrogens is 1290 g/mol. The average Bonchev–Trinajstić information content (AvgIpc) is 1.61. The Morgan fingerprint density at radius 1 is 0.533 bits per heavy atom. The Hall–Kier alpha value is -6.04. The third-order valence-corrected chi connectivity index (χ3v) is 31.9. The van der Waals surface area contributed by atoms with Gasteiger partial charge in [-0.3, -0.25) is 4.79 Å². The number of fused-ring (bicyclic) bond motifs is 5. The summed E-state index contributed by atoms with van der Waals surface area (Å²) >= 11 is 7.21. The van der Waals surface area contributed by atoms with Gasteiger partial charge in [-0.15, -0.1) is 56.4 Å². The summed E-state index contributed by atoms with van der Waals surface area (Å²) in [5, 5.41) is 13.6. The number of para-hydroxylation sites is 2. The van der Waals surface area contributed by atoms with Crippen LogP contribution in [0.5, 0.6) is 23.0 Å². The summed E-state index contributed by atoms with van der Waals surface area (Å²) in [7, 11) is -7.56. The fourth-order valence-corrected chi connectivity index (χ4v) is 21.1. The highest BCUT2D eigenvalue weighted by Crippen LogP contribution is 2.55. The molecule has 0 N–H and O–H groups in total. The SMILES string of the molecule is CCC(C)(C)C(=O)OCCc1ccc(C)c(-n2nc3ccccc3n2)c1.CC[Si](CC)(CC)Oc1c(-c2oc3ccccc3c2O[Si](CC)(CC)CC)oc2ccccc12.CSc1ccc2sc(-c3sc4ccc(SC)cc4c3O[Si](C)(C)C)c(O[Si](C)(C)C)c2c1. The van der Waals surface area contributed by atoms with Crippen LogP contribution in [0.2, 0.25) is 75.5 Å². The number of benzene rings is 6. The predicted octanol–water partition coefficient (Wildman–Crippen LogP) is 23.5. The number of thioether (sulfide) groups is 2. The largest absolute Gasteiger partial charge is 0.543 e. The second kappa shape index (κ2) is 29.7.